The van der Waals surface area contributed by atoms with Gasteiger partial charge >= 0.3 is 6.03 Å². The molecule has 80 valence electrons. The van der Waals surface area contributed by atoms with Crippen LogP contribution in [0.1, 0.15) is 0 Å². The molecular weight excluding hydrogens is 198 g/mol. The van der Waals surface area contributed by atoms with Gasteiger partial charge < -0.3 is 4.90 Å². The molecule has 0 aliphatic heterocycles. The molecule has 0 bridgehead atoms. The molecule has 0 spiro atoms. The smallest absolute Gasteiger partial charge is 0.326 e. The Balaban J connectivity index is 3.05. The number of nitrogens with zero attached hydrogens (tertiary/aromatic N) is 3. The van der Waals surface area contributed by atoms with Crippen LogP contribution in [-0.2, 0) is 0 Å². The molecule has 15 heavy (non-hydrogen) atoms. The van der Waals surface area contributed by atoms with Crippen LogP contribution in [0.3, 0.4) is 0 Å². The highest BCUT2D eigenvalue weighted by atomic mass is 16.7. The van der Waals surface area contributed by atoms with Crippen molar-refractivity contribution in [3.63, 3.8) is 0 Å². The lowest BCUT2D eigenvalue weighted by Gasteiger charge is -2.16. The number of carbonyl (C=O) groups is 1. The molecule has 1 rings (SSSR count). The summed E-state index contributed by atoms with van der Waals surface area (Å²) in [4.78, 5) is 23.4. The molecule has 0 unspecified atom stereocenters. The van der Waals surface area contributed by atoms with Crippen molar-refractivity contribution in [2.75, 3.05) is 19.1 Å². The molecule has 0 saturated heterocycles. The van der Waals surface area contributed by atoms with Crippen molar-refractivity contribution in [2.24, 2.45) is 0 Å². The largest absolute Gasteiger partial charge is 0.383 e. The molecule has 0 aromatic heterocycles. The van der Waals surface area contributed by atoms with Crippen LogP contribution in [-0.4, -0.2) is 30.1 Å². The molecule has 2 amide bonds. The topological polar surface area (TPSA) is 66.7 Å². The number of amides is 2. The number of urea groups is 1. The van der Waals surface area contributed by atoms with Crippen LogP contribution in [0, 0.1) is 10.1 Å². The highest BCUT2D eigenvalue weighted by Crippen LogP contribution is 2.14. The molecule has 0 N–H and O–H groups in total. The maximum Gasteiger partial charge on any atom is 0.383 e. The first-order valence-corrected chi connectivity index (χ1v) is 4.25. The second-order valence-corrected chi connectivity index (χ2v) is 3.06. The van der Waals surface area contributed by atoms with Crippen molar-refractivity contribution < 1.29 is 9.83 Å². The van der Waals surface area contributed by atoms with E-state index in [1.54, 1.807) is 18.2 Å². The van der Waals surface area contributed by atoms with Crippen molar-refractivity contribution in [3.05, 3.63) is 40.4 Å². The highest BCUT2D eigenvalue weighted by molar-refractivity contribution is 5.89. The van der Waals surface area contributed by atoms with Gasteiger partial charge in [-0.15, -0.1) is 0 Å². The van der Waals surface area contributed by atoms with Gasteiger partial charge in [0.1, 0.15) is 5.69 Å². The Kier molecular flexibility index (Phi) is 3.22. The van der Waals surface area contributed by atoms with Gasteiger partial charge in [0, 0.05) is 14.1 Å². The van der Waals surface area contributed by atoms with Crippen LogP contribution < -0.4 is 5.01 Å². The van der Waals surface area contributed by atoms with Crippen LogP contribution in [0.2, 0.25) is 0 Å². The van der Waals surface area contributed by atoms with Crippen LogP contribution in [0.25, 0.3) is 0 Å². The first-order chi connectivity index (χ1) is 7.04. The molecule has 0 saturated carbocycles. The number of benzene rings is 1. The molecule has 0 heterocycles. The summed E-state index contributed by atoms with van der Waals surface area (Å²) in [6.45, 7) is 0. The second kappa shape index (κ2) is 4.41. The van der Waals surface area contributed by atoms with Gasteiger partial charge in [-0.05, 0) is 17.1 Å². The fourth-order valence-corrected chi connectivity index (χ4v) is 1.03. The summed E-state index contributed by atoms with van der Waals surface area (Å²) in [7, 11) is 2.92. The molecule has 1 aromatic carbocycles. The number of para-hydroxylation sites is 1. The van der Waals surface area contributed by atoms with Crippen LogP contribution >= 0.6 is 0 Å². The zero-order valence-electron chi connectivity index (χ0n) is 8.45. The third-order valence-electron chi connectivity index (χ3n) is 1.73. The highest BCUT2D eigenvalue weighted by Gasteiger charge is 2.27. The predicted octanol–water partition coefficient (Wildman–Crippen LogP) is 1.37. The van der Waals surface area contributed by atoms with Gasteiger partial charge in [0.15, 0.2) is 5.03 Å². The normalized spacial score (nSPS) is 9.47. The first kappa shape index (κ1) is 11.0. The van der Waals surface area contributed by atoms with Gasteiger partial charge in [-0.25, -0.2) is 14.9 Å². The Labute approximate surface area is 86.8 Å². The maximum atomic E-state index is 11.5. The molecule has 1 aromatic rings. The summed E-state index contributed by atoms with van der Waals surface area (Å²) in [6, 6.07) is 7.31. The minimum atomic E-state index is -0.738. The van der Waals surface area contributed by atoms with Gasteiger partial charge in [-0.3, -0.25) is 0 Å². The van der Waals surface area contributed by atoms with E-state index in [4.69, 9.17) is 0 Å². The third-order valence-corrected chi connectivity index (χ3v) is 1.73. The molecule has 0 aliphatic carbocycles. The van der Waals surface area contributed by atoms with E-state index in [9.17, 15) is 14.9 Å². The van der Waals surface area contributed by atoms with Crippen LogP contribution in [0.5, 0.6) is 0 Å². The lowest BCUT2D eigenvalue weighted by Crippen LogP contribution is -2.43. The quantitative estimate of drug-likeness (QED) is 0.545. The Hall–Kier alpha value is -2.11. The summed E-state index contributed by atoms with van der Waals surface area (Å²) < 4.78 is 0. The van der Waals surface area contributed by atoms with E-state index in [2.05, 4.69) is 0 Å². The zero-order valence-corrected chi connectivity index (χ0v) is 8.45. The molecule has 0 fully saturated rings. The van der Waals surface area contributed by atoms with Gasteiger partial charge in [0.05, 0.1) is 0 Å². The average molecular weight is 209 g/mol. The molecule has 0 atom stereocenters. The number of rotatable bonds is 2. The lowest BCUT2D eigenvalue weighted by atomic mass is 10.3. The summed E-state index contributed by atoms with van der Waals surface area (Å²) in [5.74, 6) is 0. The fraction of sp³-hybridized carbons (Fsp3) is 0.222. The van der Waals surface area contributed by atoms with E-state index < -0.39 is 11.1 Å². The average Bonchev–Trinajstić information content (AvgIpc) is 2.18. The monoisotopic (exact) mass is 209 g/mol. The first-order valence-electron chi connectivity index (χ1n) is 4.25. The van der Waals surface area contributed by atoms with Crippen molar-refractivity contribution in [1.82, 2.24) is 4.90 Å². The van der Waals surface area contributed by atoms with E-state index >= 15 is 0 Å². The fourth-order valence-electron chi connectivity index (χ4n) is 1.03. The van der Waals surface area contributed by atoms with Gasteiger partial charge in [0.25, 0.3) is 0 Å². The van der Waals surface area contributed by atoms with Crippen molar-refractivity contribution in [1.29, 1.82) is 0 Å². The Morgan fingerprint density at radius 2 is 1.80 bits per heavy atom. The molecule has 0 radical (unpaired) electrons. The lowest BCUT2D eigenvalue weighted by molar-refractivity contribution is -0.482. The van der Waals surface area contributed by atoms with Crippen LogP contribution in [0.4, 0.5) is 10.5 Å². The van der Waals surface area contributed by atoms with Gasteiger partial charge in [-0.1, -0.05) is 18.2 Å². The molecule has 6 nitrogen and oxygen atoms in total. The van der Waals surface area contributed by atoms with E-state index in [-0.39, 0.29) is 5.69 Å². The summed E-state index contributed by atoms with van der Waals surface area (Å²) in [5, 5.41) is 10.5. The number of nitro groups is 1. The number of hydrogen-bond acceptors (Lipinski definition) is 3. The Bertz CT molecular complexity index is 364. The summed E-state index contributed by atoms with van der Waals surface area (Å²) >= 11 is 0. The van der Waals surface area contributed by atoms with Crippen molar-refractivity contribution in [3.8, 4) is 0 Å². The summed E-state index contributed by atoms with van der Waals surface area (Å²) in [6.07, 6.45) is 0. The van der Waals surface area contributed by atoms with E-state index in [1.807, 2.05) is 0 Å². The van der Waals surface area contributed by atoms with Crippen LogP contribution in [0.15, 0.2) is 30.3 Å². The van der Waals surface area contributed by atoms with Gasteiger partial charge in [-0.2, -0.15) is 0 Å². The predicted molar refractivity (Wildman–Crippen MR) is 55.0 cm³/mol. The third kappa shape index (κ3) is 2.43. The molecule has 0 aliphatic rings. The van der Waals surface area contributed by atoms with Crippen molar-refractivity contribution in [2.45, 2.75) is 0 Å². The number of hydrazine groups is 1. The Morgan fingerprint density at radius 1 is 1.27 bits per heavy atom. The second-order valence-electron chi connectivity index (χ2n) is 3.06. The van der Waals surface area contributed by atoms with Crippen molar-refractivity contribution >= 4 is 11.7 Å². The number of carbonyl (C=O) groups excluding carboxylic acids is 1. The summed E-state index contributed by atoms with van der Waals surface area (Å²) in [5.41, 5.74) is 0.237. The molecule has 6 heteroatoms. The van der Waals surface area contributed by atoms with Gasteiger partial charge in [0.2, 0.25) is 0 Å². The zero-order chi connectivity index (χ0) is 11.4. The molecular formula is C9H11N3O3. The number of hydrogen-bond donors (Lipinski definition) is 0. The minimum absolute atomic E-state index is 0.237. The maximum absolute atomic E-state index is 11.5. The minimum Gasteiger partial charge on any atom is -0.326 e. The SMILES string of the molecule is CN(C)C(=O)N(c1ccccc1)[N+](=O)[O-]. The van der Waals surface area contributed by atoms with E-state index in [0.717, 1.165) is 4.90 Å². The standard InChI is InChI=1S/C9H11N3O3/c1-10(2)9(13)11(12(14)15)8-6-4-3-5-7-8/h3-7H,1-2H3. The van der Waals surface area contributed by atoms with E-state index in [1.165, 1.54) is 26.2 Å². The number of anilines is 1. The van der Waals surface area contributed by atoms with E-state index in [0.29, 0.717) is 5.01 Å². The Morgan fingerprint density at radius 3 is 2.20 bits per heavy atom.